The number of rotatable bonds is 7. The number of amides is 2. The Labute approximate surface area is 194 Å². The van der Waals surface area contributed by atoms with E-state index in [1.165, 1.54) is 10.7 Å². The van der Waals surface area contributed by atoms with Crippen molar-refractivity contribution < 1.29 is 23.9 Å². The number of benzene rings is 1. The number of carboxylic acids is 1. The van der Waals surface area contributed by atoms with Crippen LogP contribution < -0.4 is 10.6 Å². The highest BCUT2D eigenvalue weighted by Gasteiger charge is 2.27. The second-order valence-corrected chi connectivity index (χ2v) is 9.50. The molecule has 0 aliphatic heterocycles. The van der Waals surface area contributed by atoms with Crippen molar-refractivity contribution in [2.75, 3.05) is 10.6 Å². The monoisotopic (exact) mass is 491 g/mol. The number of nitrogens with one attached hydrogen (secondary N) is 2. The Hall–Kier alpha value is -3.39. The molecular formula is C19H18FN7O4S2. The van der Waals surface area contributed by atoms with Gasteiger partial charge in [0.15, 0.2) is 16.6 Å². The van der Waals surface area contributed by atoms with Crippen LogP contribution in [0, 0.1) is 11.7 Å². The van der Waals surface area contributed by atoms with Gasteiger partial charge in [0, 0.05) is 18.5 Å². The fourth-order valence-electron chi connectivity index (χ4n) is 3.44. The summed E-state index contributed by atoms with van der Waals surface area (Å²) in [6.45, 7) is 0. The Morgan fingerprint density at radius 1 is 1.24 bits per heavy atom. The Balaban J connectivity index is 1.51. The Morgan fingerprint density at radius 2 is 2.00 bits per heavy atom. The van der Waals surface area contributed by atoms with Crippen molar-refractivity contribution in [1.82, 2.24) is 25.2 Å². The lowest BCUT2D eigenvalue weighted by Crippen LogP contribution is -2.22. The third kappa shape index (κ3) is 5.17. The van der Waals surface area contributed by atoms with Crippen molar-refractivity contribution in [2.45, 2.75) is 35.0 Å². The topological polar surface area (TPSA) is 152 Å². The molecule has 1 aliphatic rings. The van der Waals surface area contributed by atoms with E-state index in [1.54, 1.807) is 7.05 Å². The zero-order chi connectivity index (χ0) is 23.5. The van der Waals surface area contributed by atoms with Gasteiger partial charge in [-0.05, 0) is 53.2 Å². The minimum absolute atomic E-state index is 0.0216. The van der Waals surface area contributed by atoms with Gasteiger partial charge in [0.25, 0.3) is 0 Å². The smallest absolute Gasteiger partial charge is 0.356 e. The summed E-state index contributed by atoms with van der Waals surface area (Å²) in [6.07, 6.45) is 3.35. The molecule has 0 spiro atoms. The van der Waals surface area contributed by atoms with E-state index in [-0.39, 0.29) is 38.0 Å². The SMILES string of the molecule is Cn1nnnc1Sc1sc(NC(=O)Nc2ccc(F)cc2C(=O)C2CCCC2)nc1C(=O)O. The molecule has 0 saturated heterocycles. The number of carbonyl (C=O) groups excluding carboxylic acids is 2. The van der Waals surface area contributed by atoms with Gasteiger partial charge in [0.05, 0.1) is 5.69 Å². The van der Waals surface area contributed by atoms with Crippen molar-refractivity contribution in [3.05, 3.63) is 35.3 Å². The maximum atomic E-state index is 13.8. The molecule has 2 aromatic heterocycles. The van der Waals surface area contributed by atoms with E-state index < -0.39 is 17.8 Å². The number of nitrogens with zero attached hydrogens (tertiary/aromatic N) is 5. The molecule has 1 fully saturated rings. The average molecular weight is 492 g/mol. The van der Waals surface area contributed by atoms with Crippen LogP contribution in [0.4, 0.5) is 20.0 Å². The highest BCUT2D eigenvalue weighted by molar-refractivity contribution is 8.01. The fourth-order valence-corrected chi connectivity index (χ4v) is 5.40. The van der Waals surface area contributed by atoms with Crippen molar-refractivity contribution >= 4 is 51.7 Å². The van der Waals surface area contributed by atoms with Crippen LogP contribution in [0.5, 0.6) is 0 Å². The highest BCUT2D eigenvalue weighted by atomic mass is 32.2. The summed E-state index contributed by atoms with van der Waals surface area (Å²) in [7, 11) is 1.60. The average Bonchev–Trinajstić information content (AvgIpc) is 3.51. The van der Waals surface area contributed by atoms with Gasteiger partial charge in [-0.25, -0.2) is 23.6 Å². The highest BCUT2D eigenvalue weighted by Crippen LogP contribution is 2.36. The minimum atomic E-state index is -1.28. The van der Waals surface area contributed by atoms with Crippen LogP contribution in [0.15, 0.2) is 27.6 Å². The number of halogens is 1. The molecule has 3 aromatic rings. The van der Waals surface area contributed by atoms with Gasteiger partial charge in [-0.2, -0.15) is 0 Å². The van der Waals surface area contributed by atoms with Crippen molar-refractivity contribution in [2.24, 2.45) is 13.0 Å². The van der Waals surface area contributed by atoms with Crippen LogP contribution in [0.3, 0.4) is 0 Å². The summed E-state index contributed by atoms with van der Waals surface area (Å²) in [5, 5.41) is 25.8. The number of hydrogen-bond donors (Lipinski definition) is 3. The number of ketones is 1. The molecule has 1 aliphatic carbocycles. The van der Waals surface area contributed by atoms with E-state index in [1.807, 2.05) is 0 Å². The van der Waals surface area contributed by atoms with E-state index >= 15 is 0 Å². The molecule has 4 rings (SSSR count). The number of tetrazole rings is 1. The number of carboxylic acid groups (broad SMARTS) is 1. The first-order valence-corrected chi connectivity index (χ1v) is 11.5. The van der Waals surface area contributed by atoms with Gasteiger partial charge < -0.3 is 10.4 Å². The van der Waals surface area contributed by atoms with E-state index in [9.17, 15) is 23.9 Å². The first kappa shape index (κ1) is 22.8. The zero-order valence-corrected chi connectivity index (χ0v) is 18.9. The van der Waals surface area contributed by atoms with Gasteiger partial charge in [-0.1, -0.05) is 24.2 Å². The summed E-state index contributed by atoms with van der Waals surface area (Å²) in [5.74, 6) is -2.25. The maximum absolute atomic E-state index is 13.8. The Morgan fingerprint density at radius 3 is 2.67 bits per heavy atom. The molecule has 14 heteroatoms. The number of aromatic carboxylic acids is 1. The van der Waals surface area contributed by atoms with Crippen LogP contribution >= 0.6 is 23.1 Å². The second kappa shape index (κ2) is 9.62. The molecule has 11 nitrogen and oxygen atoms in total. The lowest BCUT2D eigenvalue weighted by molar-refractivity contribution is 0.0687. The predicted octanol–water partition coefficient (Wildman–Crippen LogP) is 3.67. The van der Waals surface area contributed by atoms with E-state index in [0.29, 0.717) is 5.16 Å². The van der Waals surface area contributed by atoms with Gasteiger partial charge in [0.2, 0.25) is 5.16 Å². The standard InChI is InChI=1S/C19H18FN7O4S2/c1-27-19(24-25-26-27)33-16-13(15(29)30)22-18(32-16)23-17(31)21-12-7-6-10(20)8-11(12)14(28)9-4-2-3-5-9/h6-9H,2-5H2,1H3,(H,29,30)(H2,21,22,23,31). The maximum Gasteiger partial charge on any atom is 0.356 e. The van der Waals surface area contributed by atoms with Gasteiger partial charge in [-0.3, -0.25) is 10.1 Å². The number of urea groups is 1. The number of anilines is 2. The second-order valence-electron chi connectivity index (χ2n) is 7.26. The third-order valence-corrected chi connectivity index (χ3v) is 7.18. The van der Waals surface area contributed by atoms with E-state index in [4.69, 9.17) is 0 Å². The number of carbonyl (C=O) groups is 3. The molecule has 2 amide bonds. The van der Waals surface area contributed by atoms with Crippen LogP contribution in [-0.2, 0) is 7.05 Å². The Bertz CT molecular complexity index is 1220. The van der Waals surface area contributed by atoms with Crippen LogP contribution in [0.25, 0.3) is 0 Å². The molecule has 0 unspecified atom stereocenters. The molecule has 0 radical (unpaired) electrons. The molecule has 3 N–H and O–H groups in total. The number of thiazole rings is 1. The fraction of sp³-hybridized carbons (Fsp3) is 0.316. The largest absolute Gasteiger partial charge is 0.476 e. The zero-order valence-electron chi connectivity index (χ0n) is 17.2. The summed E-state index contributed by atoms with van der Waals surface area (Å²) in [6, 6.07) is 2.84. The van der Waals surface area contributed by atoms with Crippen LogP contribution in [0.1, 0.15) is 46.5 Å². The summed E-state index contributed by atoms with van der Waals surface area (Å²) >= 11 is 1.92. The quantitative estimate of drug-likeness (QED) is 0.420. The molecule has 1 saturated carbocycles. The van der Waals surface area contributed by atoms with Crippen molar-refractivity contribution in [3.63, 3.8) is 0 Å². The summed E-state index contributed by atoms with van der Waals surface area (Å²) in [5.41, 5.74) is 0.0104. The first-order chi connectivity index (χ1) is 15.8. The van der Waals surface area contributed by atoms with Crippen LogP contribution in [0.2, 0.25) is 0 Å². The number of aryl methyl sites for hydroxylation is 1. The molecule has 33 heavy (non-hydrogen) atoms. The van der Waals surface area contributed by atoms with Crippen molar-refractivity contribution in [1.29, 1.82) is 0 Å². The number of Topliss-reactive ketones (excluding diaryl/α,β-unsaturated/α-hetero) is 1. The molecule has 1 aromatic carbocycles. The molecule has 0 atom stereocenters. The van der Waals surface area contributed by atoms with E-state index in [2.05, 4.69) is 31.1 Å². The molecule has 172 valence electrons. The lowest BCUT2D eigenvalue weighted by Gasteiger charge is -2.14. The number of aromatic nitrogens is 5. The van der Waals surface area contributed by atoms with Gasteiger partial charge >= 0.3 is 12.0 Å². The molecular weight excluding hydrogens is 473 g/mol. The summed E-state index contributed by atoms with van der Waals surface area (Å²) in [4.78, 5) is 40.9. The van der Waals surface area contributed by atoms with Gasteiger partial charge in [0.1, 0.15) is 10.0 Å². The van der Waals surface area contributed by atoms with Crippen LogP contribution in [-0.4, -0.2) is 48.1 Å². The molecule has 0 bridgehead atoms. The molecule has 2 heterocycles. The third-order valence-electron chi connectivity index (χ3n) is 5.01. The number of hydrogen-bond acceptors (Lipinski definition) is 9. The van der Waals surface area contributed by atoms with E-state index in [0.717, 1.165) is 60.9 Å². The first-order valence-electron chi connectivity index (χ1n) is 9.88. The predicted molar refractivity (Wildman–Crippen MR) is 117 cm³/mol. The minimum Gasteiger partial charge on any atom is -0.476 e. The summed E-state index contributed by atoms with van der Waals surface area (Å²) < 4.78 is 15.5. The lowest BCUT2D eigenvalue weighted by atomic mass is 9.95. The van der Waals surface area contributed by atoms with Gasteiger partial charge in [-0.15, -0.1) is 5.10 Å². The Kier molecular flexibility index (Phi) is 6.65. The normalized spacial score (nSPS) is 13.8. The van der Waals surface area contributed by atoms with Crippen molar-refractivity contribution in [3.8, 4) is 0 Å².